The van der Waals surface area contributed by atoms with Gasteiger partial charge in [0.2, 0.25) is 0 Å². The molecule has 38 heavy (non-hydrogen) atoms. The van der Waals surface area contributed by atoms with Gasteiger partial charge in [-0.15, -0.1) is 5.10 Å². The Hall–Kier alpha value is -3.36. The van der Waals surface area contributed by atoms with Gasteiger partial charge < -0.3 is 4.98 Å². The van der Waals surface area contributed by atoms with Crippen molar-refractivity contribution in [3.05, 3.63) is 87.5 Å². The Kier molecular flexibility index (Phi) is 7.33. The number of nitrogens with one attached hydrogen (secondary N) is 1. The molecular weight excluding hydrogens is 474 g/mol. The summed E-state index contributed by atoms with van der Waals surface area (Å²) in [6, 6.07) is 19.0. The minimum absolute atomic E-state index is 0.0707. The Balaban J connectivity index is 1.33. The van der Waals surface area contributed by atoms with E-state index in [-0.39, 0.29) is 11.6 Å². The number of benzene rings is 2. The average molecular weight is 512 g/mol. The molecule has 8 heteroatoms. The van der Waals surface area contributed by atoms with Crippen LogP contribution in [0, 0.1) is 6.92 Å². The molecule has 0 spiro atoms. The lowest BCUT2D eigenvalue weighted by molar-refractivity contribution is 0.0617. The van der Waals surface area contributed by atoms with Crippen molar-refractivity contribution < 1.29 is 0 Å². The number of aromatic amines is 1. The van der Waals surface area contributed by atoms with E-state index in [0.29, 0.717) is 18.2 Å². The molecule has 1 unspecified atom stereocenters. The molecule has 1 aliphatic heterocycles. The van der Waals surface area contributed by atoms with E-state index >= 15 is 0 Å². The van der Waals surface area contributed by atoms with Gasteiger partial charge in [-0.05, 0) is 65.8 Å². The van der Waals surface area contributed by atoms with Gasteiger partial charge in [-0.1, -0.05) is 61.2 Å². The molecule has 2 fully saturated rings. The summed E-state index contributed by atoms with van der Waals surface area (Å²) in [5, 5.41) is 14.0. The standard InChI is InChI=1S/C30H37N7O/c1-22-12-13-27-24(20-22)21-26(30(38)31-27)28(36-18-16-35(17-19-36)25-10-6-3-7-11-25)29-32-33-34-37(29)15-14-23-8-4-2-5-9-23/h2,4-5,8-9,12-13,20-21,25,28H,3,6-7,10-11,14-19H2,1H3,(H,31,38). The van der Waals surface area contributed by atoms with E-state index in [2.05, 4.69) is 73.6 Å². The first-order valence-corrected chi connectivity index (χ1v) is 14.1. The summed E-state index contributed by atoms with van der Waals surface area (Å²) in [6.07, 6.45) is 7.50. The summed E-state index contributed by atoms with van der Waals surface area (Å²) >= 11 is 0. The van der Waals surface area contributed by atoms with Crippen LogP contribution in [-0.4, -0.2) is 67.2 Å². The Morgan fingerprint density at radius 2 is 1.76 bits per heavy atom. The van der Waals surface area contributed by atoms with Gasteiger partial charge in [0.15, 0.2) is 5.82 Å². The fraction of sp³-hybridized carbons (Fsp3) is 0.467. The zero-order valence-electron chi connectivity index (χ0n) is 22.2. The Labute approximate surface area is 223 Å². The van der Waals surface area contributed by atoms with Crippen molar-refractivity contribution >= 4 is 10.9 Å². The topological polar surface area (TPSA) is 82.9 Å². The van der Waals surface area contributed by atoms with Crippen LogP contribution in [-0.2, 0) is 13.0 Å². The van der Waals surface area contributed by atoms with Crippen LogP contribution in [0.1, 0.15) is 60.7 Å². The maximum absolute atomic E-state index is 13.5. The van der Waals surface area contributed by atoms with Gasteiger partial charge in [-0.2, -0.15) is 0 Å². The summed E-state index contributed by atoms with van der Waals surface area (Å²) in [6.45, 7) is 6.54. The van der Waals surface area contributed by atoms with Crippen LogP contribution >= 0.6 is 0 Å². The van der Waals surface area contributed by atoms with Gasteiger partial charge >= 0.3 is 0 Å². The number of nitrogens with zero attached hydrogens (tertiary/aromatic N) is 6. The number of pyridine rings is 1. The molecule has 4 aromatic rings. The summed E-state index contributed by atoms with van der Waals surface area (Å²) < 4.78 is 1.89. The maximum Gasteiger partial charge on any atom is 0.253 e. The molecule has 1 N–H and O–H groups in total. The first kappa shape index (κ1) is 24.9. The predicted octanol–water partition coefficient (Wildman–Crippen LogP) is 4.11. The van der Waals surface area contributed by atoms with Crippen molar-refractivity contribution in [1.29, 1.82) is 0 Å². The third-order valence-electron chi connectivity index (χ3n) is 8.39. The molecule has 0 amide bonds. The number of tetrazole rings is 1. The molecule has 198 valence electrons. The van der Waals surface area contributed by atoms with Crippen LogP contribution < -0.4 is 5.56 Å². The third kappa shape index (κ3) is 5.28. The number of aryl methyl sites for hydroxylation is 3. The predicted molar refractivity (Wildman–Crippen MR) is 149 cm³/mol. The van der Waals surface area contributed by atoms with E-state index < -0.39 is 0 Å². The minimum Gasteiger partial charge on any atom is -0.322 e. The fourth-order valence-electron chi connectivity index (χ4n) is 6.30. The number of hydrogen-bond acceptors (Lipinski definition) is 6. The van der Waals surface area contributed by atoms with Crippen molar-refractivity contribution in [1.82, 2.24) is 35.0 Å². The van der Waals surface area contributed by atoms with Gasteiger partial charge in [-0.3, -0.25) is 14.6 Å². The van der Waals surface area contributed by atoms with E-state index in [9.17, 15) is 4.79 Å². The highest BCUT2D eigenvalue weighted by Gasteiger charge is 2.34. The van der Waals surface area contributed by atoms with E-state index in [4.69, 9.17) is 0 Å². The zero-order valence-corrected chi connectivity index (χ0v) is 22.2. The SMILES string of the molecule is Cc1ccc2[nH]c(=O)c(C(c3nnnn3CCc3ccccc3)N3CCN(C4CCCCC4)CC3)cc2c1. The number of rotatable bonds is 7. The van der Waals surface area contributed by atoms with Gasteiger partial charge in [0.25, 0.3) is 5.56 Å². The van der Waals surface area contributed by atoms with Gasteiger partial charge in [0.05, 0.1) is 0 Å². The second kappa shape index (κ2) is 11.2. The quantitative estimate of drug-likeness (QED) is 0.402. The molecule has 3 heterocycles. The first-order chi connectivity index (χ1) is 18.7. The van der Waals surface area contributed by atoms with Crippen LogP contribution in [0.15, 0.2) is 59.4 Å². The highest BCUT2D eigenvalue weighted by atomic mass is 16.1. The van der Waals surface area contributed by atoms with Crippen molar-refractivity contribution in [2.45, 2.75) is 64.1 Å². The molecule has 2 aliphatic rings. The lowest BCUT2D eigenvalue weighted by Crippen LogP contribution is -2.52. The normalized spacial score (nSPS) is 18.7. The molecule has 1 saturated heterocycles. The zero-order chi connectivity index (χ0) is 25.9. The molecule has 2 aromatic carbocycles. The second-order valence-electron chi connectivity index (χ2n) is 10.9. The van der Waals surface area contributed by atoms with E-state index in [1.165, 1.54) is 43.2 Å². The van der Waals surface area contributed by atoms with Crippen molar-refractivity contribution in [3.63, 3.8) is 0 Å². The number of piperazine rings is 1. The number of hydrogen-bond donors (Lipinski definition) is 1. The smallest absolute Gasteiger partial charge is 0.253 e. The summed E-state index contributed by atoms with van der Waals surface area (Å²) in [5.74, 6) is 0.740. The largest absolute Gasteiger partial charge is 0.322 e. The first-order valence-electron chi connectivity index (χ1n) is 14.1. The average Bonchev–Trinajstić information content (AvgIpc) is 3.42. The van der Waals surface area contributed by atoms with Crippen molar-refractivity contribution in [2.75, 3.05) is 26.2 Å². The monoisotopic (exact) mass is 511 g/mol. The third-order valence-corrected chi connectivity index (χ3v) is 8.39. The fourth-order valence-corrected chi connectivity index (χ4v) is 6.30. The Morgan fingerprint density at radius 1 is 0.974 bits per heavy atom. The van der Waals surface area contributed by atoms with Gasteiger partial charge in [0.1, 0.15) is 6.04 Å². The minimum atomic E-state index is -0.303. The van der Waals surface area contributed by atoms with Gasteiger partial charge in [-0.25, -0.2) is 4.68 Å². The molecule has 1 atom stereocenters. The highest BCUT2D eigenvalue weighted by molar-refractivity contribution is 5.79. The Bertz CT molecular complexity index is 1420. The lowest BCUT2D eigenvalue weighted by atomic mass is 9.93. The lowest BCUT2D eigenvalue weighted by Gasteiger charge is -2.43. The summed E-state index contributed by atoms with van der Waals surface area (Å²) in [5.41, 5.74) is 3.91. The van der Waals surface area contributed by atoms with Crippen LogP contribution in [0.5, 0.6) is 0 Å². The second-order valence-corrected chi connectivity index (χ2v) is 10.9. The van der Waals surface area contributed by atoms with Crippen LogP contribution in [0.3, 0.4) is 0 Å². The number of H-pyrrole nitrogens is 1. The maximum atomic E-state index is 13.5. The highest BCUT2D eigenvalue weighted by Crippen LogP contribution is 2.30. The summed E-state index contributed by atoms with van der Waals surface area (Å²) in [7, 11) is 0. The van der Waals surface area contributed by atoms with Crippen molar-refractivity contribution in [3.8, 4) is 0 Å². The van der Waals surface area contributed by atoms with Crippen LogP contribution in [0.4, 0.5) is 0 Å². The summed E-state index contributed by atoms with van der Waals surface area (Å²) in [4.78, 5) is 21.7. The molecule has 0 radical (unpaired) electrons. The van der Waals surface area contributed by atoms with Crippen molar-refractivity contribution in [2.24, 2.45) is 0 Å². The van der Waals surface area contributed by atoms with E-state index in [0.717, 1.165) is 49.3 Å². The Morgan fingerprint density at radius 3 is 2.55 bits per heavy atom. The molecule has 2 aromatic heterocycles. The van der Waals surface area contributed by atoms with Crippen LogP contribution in [0.2, 0.25) is 0 Å². The molecule has 1 aliphatic carbocycles. The van der Waals surface area contributed by atoms with Gasteiger partial charge in [0, 0.05) is 49.8 Å². The molecule has 1 saturated carbocycles. The van der Waals surface area contributed by atoms with E-state index in [1.807, 2.05) is 22.9 Å². The molecule has 0 bridgehead atoms. The number of aromatic nitrogens is 5. The molecule has 8 nitrogen and oxygen atoms in total. The van der Waals surface area contributed by atoms with E-state index in [1.54, 1.807) is 0 Å². The molecular formula is C30H37N7O. The number of fused-ring (bicyclic) bond motifs is 1. The molecule has 6 rings (SSSR count). The van der Waals surface area contributed by atoms with Crippen LogP contribution in [0.25, 0.3) is 10.9 Å².